The molecular weight excluding hydrogens is 298 g/mol. The molecule has 24 heavy (non-hydrogen) atoms. The zero-order valence-electron chi connectivity index (χ0n) is 14.4. The zero-order chi connectivity index (χ0) is 17.3. The Morgan fingerprint density at radius 2 is 1.75 bits per heavy atom. The third-order valence-electron chi connectivity index (χ3n) is 4.32. The molecule has 3 rings (SSSR count). The van der Waals surface area contributed by atoms with Crippen LogP contribution in [0.2, 0.25) is 0 Å². The van der Waals surface area contributed by atoms with Crippen LogP contribution in [0.1, 0.15) is 11.4 Å². The van der Waals surface area contributed by atoms with Crippen molar-refractivity contribution in [1.29, 1.82) is 0 Å². The van der Waals surface area contributed by atoms with Gasteiger partial charge in [-0.1, -0.05) is 49.0 Å². The first kappa shape index (κ1) is 16.4. The molecule has 1 heterocycles. The minimum absolute atomic E-state index is 0.564. The molecule has 1 atom stereocenters. The summed E-state index contributed by atoms with van der Waals surface area (Å²) in [5, 5.41) is 11.7. The Bertz CT molecular complexity index is 867. The number of benzene rings is 2. The fourth-order valence-electron chi connectivity index (χ4n) is 3.14. The van der Waals surface area contributed by atoms with Gasteiger partial charge in [0.05, 0.1) is 11.0 Å². The van der Waals surface area contributed by atoms with Gasteiger partial charge in [0, 0.05) is 13.6 Å². The Hall–Kier alpha value is -2.43. The quantitative estimate of drug-likeness (QED) is 0.735. The maximum Gasteiger partial charge on any atom is 0.170 e. The van der Waals surface area contributed by atoms with Gasteiger partial charge in [-0.25, -0.2) is 4.98 Å². The van der Waals surface area contributed by atoms with E-state index >= 15 is 0 Å². The van der Waals surface area contributed by atoms with E-state index in [0.29, 0.717) is 17.9 Å². The summed E-state index contributed by atoms with van der Waals surface area (Å²) >= 11 is 0. The predicted molar refractivity (Wildman–Crippen MR) is 97.8 cm³/mol. The van der Waals surface area contributed by atoms with Crippen LogP contribution in [-0.4, -0.2) is 40.2 Å². The second-order valence-electron chi connectivity index (χ2n) is 6.40. The van der Waals surface area contributed by atoms with Gasteiger partial charge in [0.1, 0.15) is 0 Å². The number of para-hydroxylation sites is 2. The first-order valence-corrected chi connectivity index (χ1v) is 7.97. The average Bonchev–Trinajstić information content (AvgIpc) is 2.92. The Morgan fingerprint density at radius 3 is 2.38 bits per heavy atom. The molecule has 0 spiro atoms. The summed E-state index contributed by atoms with van der Waals surface area (Å²) in [4.78, 5) is 6.72. The Morgan fingerprint density at radius 1 is 1.12 bits per heavy atom. The monoisotopic (exact) mass is 321 g/mol. The van der Waals surface area contributed by atoms with Gasteiger partial charge >= 0.3 is 0 Å². The molecule has 0 amide bonds. The molecule has 3 aromatic rings. The van der Waals surface area contributed by atoms with Gasteiger partial charge in [-0.15, -0.1) is 0 Å². The smallest absolute Gasteiger partial charge is 0.170 e. The van der Waals surface area contributed by atoms with Crippen molar-refractivity contribution >= 4 is 11.0 Å². The largest absolute Gasteiger partial charge is 0.373 e. The second-order valence-corrected chi connectivity index (χ2v) is 6.40. The van der Waals surface area contributed by atoms with Crippen molar-refractivity contribution in [3.8, 4) is 0 Å². The summed E-state index contributed by atoms with van der Waals surface area (Å²) in [5.41, 5.74) is 1.97. The maximum atomic E-state index is 11.7. The molecule has 0 aliphatic heterocycles. The van der Waals surface area contributed by atoms with Crippen molar-refractivity contribution in [1.82, 2.24) is 14.5 Å². The molecule has 0 saturated carbocycles. The standard InChI is InChI=1S/C20H23N3O/c1-15(14-22(2)3)20(24,16-10-6-5-7-11-16)19-21-17-12-8-9-13-18(17)23(19)4/h5-13,24H,1,14H2,2-4H3. The highest BCUT2D eigenvalue weighted by Crippen LogP contribution is 2.36. The summed E-state index contributed by atoms with van der Waals surface area (Å²) in [6, 6.07) is 17.5. The molecule has 0 fully saturated rings. The van der Waals surface area contributed by atoms with Gasteiger partial charge in [-0.05, 0) is 37.4 Å². The van der Waals surface area contributed by atoms with E-state index in [4.69, 9.17) is 4.98 Å². The molecule has 4 heteroatoms. The van der Waals surface area contributed by atoms with Gasteiger partial charge in [0.25, 0.3) is 0 Å². The van der Waals surface area contributed by atoms with E-state index in [1.54, 1.807) is 0 Å². The number of rotatable bonds is 5. The highest BCUT2D eigenvalue weighted by molar-refractivity contribution is 5.76. The lowest BCUT2D eigenvalue weighted by Crippen LogP contribution is -2.36. The number of hydrogen-bond acceptors (Lipinski definition) is 3. The van der Waals surface area contributed by atoms with Crippen LogP contribution in [0.4, 0.5) is 0 Å². The number of likely N-dealkylation sites (N-methyl/N-ethyl adjacent to an activating group) is 1. The molecule has 0 bridgehead atoms. The summed E-state index contributed by atoms with van der Waals surface area (Å²) in [7, 11) is 5.86. The number of imidazole rings is 1. The highest BCUT2D eigenvalue weighted by Gasteiger charge is 2.39. The molecule has 0 radical (unpaired) electrons. The lowest BCUT2D eigenvalue weighted by atomic mass is 9.85. The molecule has 1 unspecified atom stereocenters. The van der Waals surface area contributed by atoms with Crippen molar-refractivity contribution in [2.75, 3.05) is 20.6 Å². The van der Waals surface area contributed by atoms with Gasteiger partial charge in [0.15, 0.2) is 11.4 Å². The van der Waals surface area contributed by atoms with Crippen LogP contribution >= 0.6 is 0 Å². The molecule has 0 aliphatic rings. The lowest BCUT2D eigenvalue weighted by molar-refractivity contribution is 0.101. The van der Waals surface area contributed by atoms with E-state index in [9.17, 15) is 5.11 Å². The van der Waals surface area contributed by atoms with Crippen molar-refractivity contribution in [2.24, 2.45) is 7.05 Å². The van der Waals surface area contributed by atoms with Gasteiger partial charge < -0.3 is 14.6 Å². The van der Waals surface area contributed by atoms with Crippen LogP contribution < -0.4 is 0 Å². The minimum atomic E-state index is -1.35. The number of aromatic nitrogens is 2. The van der Waals surface area contributed by atoms with E-state index in [0.717, 1.165) is 16.6 Å². The lowest BCUT2D eigenvalue weighted by Gasteiger charge is -2.32. The third kappa shape index (κ3) is 2.64. The van der Waals surface area contributed by atoms with Crippen molar-refractivity contribution in [3.05, 3.63) is 78.1 Å². The second kappa shape index (κ2) is 6.23. The maximum absolute atomic E-state index is 11.7. The third-order valence-corrected chi connectivity index (χ3v) is 4.32. The first-order valence-electron chi connectivity index (χ1n) is 7.97. The van der Waals surface area contributed by atoms with Crippen LogP contribution in [0.25, 0.3) is 11.0 Å². The van der Waals surface area contributed by atoms with Crippen LogP contribution in [0.5, 0.6) is 0 Å². The Labute approximate surface area is 142 Å². The van der Waals surface area contributed by atoms with E-state index in [-0.39, 0.29) is 0 Å². The first-order chi connectivity index (χ1) is 11.4. The SMILES string of the molecule is C=C(CN(C)C)C(O)(c1ccccc1)c1nc2ccccc2n1C. The number of nitrogens with zero attached hydrogens (tertiary/aromatic N) is 3. The number of aliphatic hydroxyl groups is 1. The van der Waals surface area contributed by atoms with Gasteiger partial charge in [-0.2, -0.15) is 0 Å². The summed E-state index contributed by atoms with van der Waals surface area (Å²) < 4.78 is 1.95. The van der Waals surface area contributed by atoms with Crippen LogP contribution in [0, 0.1) is 0 Å². The highest BCUT2D eigenvalue weighted by atomic mass is 16.3. The molecule has 4 nitrogen and oxygen atoms in total. The summed E-state index contributed by atoms with van der Waals surface area (Å²) in [6.07, 6.45) is 0. The van der Waals surface area contributed by atoms with Gasteiger partial charge in [-0.3, -0.25) is 0 Å². The Balaban J connectivity index is 2.24. The molecule has 2 aromatic carbocycles. The number of hydrogen-bond donors (Lipinski definition) is 1. The molecular formula is C20H23N3O. The normalized spacial score (nSPS) is 14.0. The van der Waals surface area contributed by atoms with Crippen molar-refractivity contribution < 1.29 is 5.11 Å². The van der Waals surface area contributed by atoms with E-state index in [2.05, 4.69) is 6.58 Å². The number of aryl methyl sites for hydroxylation is 1. The topological polar surface area (TPSA) is 41.3 Å². The van der Waals surface area contributed by atoms with Crippen molar-refractivity contribution in [2.45, 2.75) is 5.60 Å². The molecule has 0 saturated heterocycles. The summed E-state index contributed by atoms with van der Waals surface area (Å²) in [5.74, 6) is 0.585. The minimum Gasteiger partial charge on any atom is -0.373 e. The fourth-order valence-corrected chi connectivity index (χ4v) is 3.14. The molecule has 124 valence electrons. The van der Waals surface area contributed by atoms with Crippen LogP contribution in [-0.2, 0) is 12.6 Å². The fraction of sp³-hybridized carbons (Fsp3) is 0.250. The van der Waals surface area contributed by atoms with Crippen LogP contribution in [0.3, 0.4) is 0 Å². The zero-order valence-corrected chi connectivity index (χ0v) is 14.4. The van der Waals surface area contributed by atoms with E-state index in [1.165, 1.54) is 0 Å². The average molecular weight is 321 g/mol. The van der Waals surface area contributed by atoms with Crippen LogP contribution in [0.15, 0.2) is 66.7 Å². The summed E-state index contributed by atoms with van der Waals surface area (Å²) in [6.45, 7) is 4.75. The number of fused-ring (bicyclic) bond motifs is 1. The predicted octanol–water partition coefficient (Wildman–Crippen LogP) is 2.93. The van der Waals surface area contributed by atoms with E-state index < -0.39 is 5.60 Å². The van der Waals surface area contributed by atoms with E-state index in [1.807, 2.05) is 85.2 Å². The van der Waals surface area contributed by atoms with Crippen molar-refractivity contribution in [3.63, 3.8) is 0 Å². The molecule has 1 N–H and O–H groups in total. The Kier molecular flexibility index (Phi) is 4.26. The molecule has 0 aliphatic carbocycles. The van der Waals surface area contributed by atoms with Gasteiger partial charge in [0.2, 0.25) is 0 Å². The molecule has 1 aromatic heterocycles.